The van der Waals surface area contributed by atoms with Crippen molar-refractivity contribution in [3.63, 3.8) is 0 Å². The van der Waals surface area contributed by atoms with E-state index in [0.29, 0.717) is 30.0 Å². The van der Waals surface area contributed by atoms with Crippen molar-refractivity contribution in [1.29, 1.82) is 0 Å². The monoisotopic (exact) mass is 294 g/mol. The Morgan fingerprint density at radius 1 is 1.48 bits per heavy atom. The highest BCUT2D eigenvalue weighted by molar-refractivity contribution is 5.96. The maximum Gasteiger partial charge on any atom is 0.259 e. The molecule has 0 radical (unpaired) electrons. The molecule has 0 bridgehead atoms. The second-order valence-electron chi connectivity index (χ2n) is 6.16. The average molecular weight is 294 g/mol. The third-order valence-electron chi connectivity index (χ3n) is 5.07. The van der Waals surface area contributed by atoms with Gasteiger partial charge in [0.1, 0.15) is 11.3 Å². The Morgan fingerprint density at radius 3 is 2.86 bits per heavy atom. The van der Waals surface area contributed by atoms with E-state index in [4.69, 9.17) is 9.26 Å². The summed E-state index contributed by atoms with van der Waals surface area (Å²) in [6, 6.07) is -0.0764. The molecule has 6 heteroatoms. The van der Waals surface area contributed by atoms with Gasteiger partial charge in [-0.1, -0.05) is 5.16 Å². The quantitative estimate of drug-likeness (QED) is 0.893. The van der Waals surface area contributed by atoms with E-state index >= 15 is 0 Å². The van der Waals surface area contributed by atoms with Crippen LogP contribution >= 0.6 is 0 Å². The number of methoxy groups -OCH3 is 1. The van der Waals surface area contributed by atoms with Gasteiger partial charge in [-0.25, -0.2) is 0 Å². The Bertz CT molecular complexity index is 536. The summed E-state index contributed by atoms with van der Waals surface area (Å²) in [5, 5.41) is 13.8. The number of aliphatic hydroxyl groups excluding tert-OH is 1. The number of amides is 1. The zero-order valence-electron chi connectivity index (χ0n) is 12.8. The molecule has 116 valence electrons. The molecule has 1 aromatic rings. The van der Waals surface area contributed by atoms with Crippen molar-refractivity contribution in [2.45, 2.75) is 57.3 Å². The van der Waals surface area contributed by atoms with E-state index in [9.17, 15) is 9.90 Å². The molecule has 0 unspecified atom stereocenters. The number of carbonyl (C=O) groups excluding carboxylic acids is 1. The number of likely N-dealkylation sites (tertiary alicyclic amines) is 1. The fourth-order valence-corrected chi connectivity index (χ4v) is 3.85. The van der Waals surface area contributed by atoms with Gasteiger partial charge in [0, 0.05) is 13.7 Å². The molecule has 3 rings (SSSR count). The van der Waals surface area contributed by atoms with Crippen molar-refractivity contribution in [1.82, 2.24) is 10.1 Å². The predicted molar refractivity (Wildman–Crippen MR) is 75.0 cm³/mol. The largest absolute Gasteiger partial charge is 0.393 e. The molecule has 2 aliphatic rings. The minimum atomic E-state index is -0.364. The number of ether oxygens (including phenoxy) is 1. The van der Waals surface area contributed by atoms with Gasteiger partial charge in [0.25, 0.3) is 5.91 Å². The molecule has 1 aliphatic carbocycles. The number of aryl methyl sites for hydroxylation is 2. The summed E-state index contributed by atoms with van der Waals surface area (Å²) in [6.07, 6.45) is 2.55. The second kappa shape index (κ2) is 5.10. The summed E-state index contributed by atoms with van der Waals surface area (Å²) >= 11 is 0. The number of rotatable bonds is 2. The first-order chi connectivity index (χ1) is 9.98. The van der Waals surface area contributed by atoms with Crippen LogP contribution in [0.15, 0.2) is 4.52 Å². The van der Waals surface area contributed by atoms with Gasteiger partial charge in [-0.3, -0.25) is 4.79 Å². The fraction of sp³-hybridized carbons (Fsp3) is 0.733. The van der Waals surface area contributed by atoms with Crippen LogP contribution in [-0.4, -0.2) is 52.5 Å². The molecule has 2 heterocycles. The number of nitrogens with zero attached hydrogens (tertiary/aromatic N) is 2. The van der Waals surface area contributed by atoms with E-state index in [1.165, 1.54) is 0 Å². The summed E-state index contributed by atoms with van der Waals surface area (Å²) in [5.41, 5.74) is 0.846. The number of carbonyl (C=O) groups is 1. The van der Waals surface area contributed by atoms with Crippen LogP contribution in [0.2, 0.25) is 0 Å². The molecule has 1 aliphatic heterocycles. The van der Waals surface area contributed by atoms with Gasteiger partial charge in [0.05, 0.1) is 23.4 Å². The van der Waals surface area contributed by atoms with Crippen LogP contribution in [-0.2, 0) is 4.74 Å². The Kier molecular flexibility index (Phi) is 3.53. The Morgan fingerprint density at radius 2 is 2.24 bits per heavy atom. The highest BCUT2D eigenvalue weighted by atomic mass is 16.5. The average Bonchev–Trinajstić information content (AvgIpc) is 2.99. The van der Waals surface area contributed by atoms with Gasteiger partial charge in [0.15, 0.2) is 0 Å². The smallest absolute Gasteiger partial charge is 0.259 e. The molecule has 0 aromatic carbocycles. The predicted octanol–water partition coefficient (Wildman–Crippen LogP) is 1.44. The maximum absolute atomic E-state index is 12.9. The molecule has 2 fully saturated rings. The van der Waals surface area contributed by atoms with Crippen molar-refractivity contribution >= 4 is 5.91 Å². The van der Waals surface area contributed by atoms with Crippen LogP contribution in [0.5, 0.6) is 0 Å². The summed E-state index contributed by atoms with van der Waals surface area (Å²) in [4.78, 5) is 14.7. The topological polar surface area (TPSA) is 75.8 Å². The van der Waals surface area contributed by atoms with Crippen LogP contribution < -0.4 is 0 Å². The number of hydrogen-bond acceptors (Lipinski definition) is 5. The standard InChI is InChI=1S/C15H22N2O4/c1-9-13(10(2)21-16-9)14(19)17-7-6-15(20-3)5-4-11(18)8-12(15)17/h11-12,18H,4-8H2,1-3H3/t11-,12+,15-/m1/s1. The lowest BCUT2D eigenvalue weighted by molar-refractivity contribution is -0.0824. The SMILES string of the molecule is CO[C@@]12CC[C@@H](O)C[C@@H]1N(C(=O)c1c(C)noc1C)CC2. The van der Waals surface area contributed by atoms with E-state index in [-0.39, 0.29) is 23.7 Å². The Balaban J connectivity index is 1.91. The summed E-state index contributed by atoms with van der Waals surface area (Å²) in [5.74, 6) is 0.480. The summed E-state index contributed by atoms with van der Waals surface area (Å²) in [6.45, 7) is 4.18. The first-order valence-corrected chi connectivity index (χ1v) is 7.45. The highest BCUT2D eigenvalue weighted by Gasteiger charge is 2.52. The second-order valence-corrected chi connectivity index (χ2v) is 6.16. The lowest BCUT2D eigenvalue weighted by Gasteiger charge is -2.42. The lowest BCUT2D eigenvalue weighted by Crippen LogP contribution is -2.52. The normalized spacial score (nSPS) is 32.3. The van der Waals surface area contributed by atoms with Crippen LogP contribution in [0.4, 0.5) is 0 Å². The summed E-state index contributed by atoms with van der Waals surface area (Å²) < 4.78 is 10.9. The maximum atomic E-state index is 12.9. The third kappa shape index (κ3) is 2.17. The molecule has 3 atom stereocenters. The van der Waals surface area contributed by atoms with Crippen molar-refractivity contribution in [2.24, 2.45) is 0 Å². The van der Waals surface area contributed by atoms with E-state index in [1.807, 2.05) is 4.90 Å². The Hall–Kier alpha value is -1.40. The van der Waals surface area contributed by atoms with E-state index in [1.54, 1.807) is 21.0 Å². The van der Waals surface area contributed by atoms with E-state index < -0.39 is 0 Å². The Labute approximate surface area is 124 Å². The fourth-order valence-electron chi connectivity index (χ4n) is 3.85. The van der Waals surface area contributed by atoms with Gasteiger partial charge >= 0.3 is 0 Å². The van der Waals surface area contributed by atoms with Crippen LogP contribution in [0, 0.1) is 13.8 Å². The molecule has 6 nitrogen and oxygen atoms in total. The molecular weight excluding hydrogens is 272 g/mol. The van der Waals surface area contributed by atoms with Crippen LogP contribution in [0.1, 0.15) is 47.5 Å². The van der Waals surface area contributed by atoms with Gasteiger partial charge < -0.3 is 19.3 Å². The van der Waals surface area contributed by atoms with Gasteiger partial charge in [0.2, 0.25) is 0 Å². The third-order valence-corrected chi connectivity index (χ3v) is 5.07. The number of hydrogen-bond donors (Lipinski definition) is 1. The van der Waals surface area contributed by atoms with Crippen molar-refractivity contribution in [3.8, 4) is 0 Å². The van der Waals surface area contributed by atoms with Gasteiger partial charge in [-0.2, -0.15) is 0 Å². The minimum absolute atomic E-state index is 0.0655. The zero-order chi connectivity index (χ0) is 15.2. The molecule has 0 spiro atoms. The first-order valence-electron chi connectivity index (χ1n) is 7.45. The molecule has 1 N–H and O–H groups in total. The van der Waals surface area contributed by atoms with Crippen molar-refractivity contribution < 1.29 is 19.2 Å². The number of aliphatic hydroxyl groups is 1. The van der Waals surface area contributed by atoms with E-state index in [2.05, 4.69) is 5.16 Å². The van der Waals surface area contributed by atoms with Gasteiger partial charge in [-0.05, 0) is 39.5 Å². The van der Waals surface area contributed by atoms with Crippen LogP contribution in [0.25, 0.3) is 0 Å². The molecule has 1 saturated heterocycles. The van der Waals surface area contributed by atoms with Crippen molar-refractivity contribution in [3.05, 3.63) is 17.0 Å². The molecule has 1 aromatic heterocycles. The van der Waals surface area contributed by atoms with Crippen LogP contribution in [0.3, 0.4) is 0 Å². The molecule has 1 amide bonds. The molecule has 1 saturated carbocycles. The van der Waals surface area contributed by atoms with E-state index in [0.717, 1.165) is 19.3 Å². The lowest BCUT2D eigenvalue weighted by atomic mass is 9.79. The summed E-state index contributed by atoms with van der Waals surface area (Å²) in [7, 11) is 1.70. The number of fused-ring (bicyclic) bond motifs is 1. The minimum Gasteiger partial charge on any atom is -0.393 e. The zero-order valence-corrected chi connectivity index (χ0v) is 12.8. The highest BCUT2D eigenvalue weighted by Crippen LogP contribution is 2.43. The molecular formula is C15H22N2O4. The molecule has 21 heavy (non-hydrogen) atoms. The number of aromatic nitrogens is 1. The van der Waals surface area contributed by atoms with Crippen molar-refractivity contribution in [2.75, 3.05) is 13.7 Å². The van der Waals surface area contributed by atoms with Gasteiger partial charge in [-0.15, -0.1) is 0 Å². The first kappa shape index (κ1) is 14.5.